The normalized spacial score (nSPS) is 15.6. The summed E-state index contributed by atoms with van der Waals surface area (Å²) in [4.78, 5) is 6.18. The van der Waals surface area contributed by atoms with E-state index in [1.54, 1.807) is 0 Å². The van der Waals surface area contributed by atoms with Crippen molar-refractivity contribution >= 4 is 21.6 Å². The summed E-state index contributed by atoms with van der Waals surface area (Å²) in [5, 5.41) is 19.9. The minimum absolute atomic E-state index is 0.111. The van der Waals surface area contributed by atoms with Crippen LogP contribution in [0.1, 0.15) is 12.5 Å². The van der Waals surface area contributed by atoms with Crippen LogP contribution in [-0.4, -0.2) is 14.9 Å². The van der Waals surface area contributed by atoms with E-state index in [9.17, 15) is 24.0 Å². The van der Waals surface area contributed by atoms with Gasteiger partial charge in [0.2, 0.25) is 0 Å². The van der Waals surface area contributed by atoms with Crippen molar-refractivity contribution in [3.63, 3.8) is 0 Å². The summed E-state index contributed by atoms with van der Waals surface area (Å²) >= 11 is 2.07. The number of nitro benzene ring substituents is 1. The molecule has 1 N–H and O–H groups in total. The van der Waals surface area contributed by atoms with Crippen LogP contribution in [0, 0.1) is 10.1 Å². The Balaban J connectivity index is 3.11. The summed E-state index contributed by atoms with van der Waals surface area (Å²) < 4.78 is 26.0. The van der Waals surface area contributed by atoms with Gasteiger partial charge in [0.1, 0.15) is 0 Å². The van der Waals surface area contributed by atoms with Gasteiger partial charge in [-0.2, -0.15) is 8.78 Å². The zero-order chi connectivity index (χ0) is 12.6. The largest absolute Gasteiger partial charge is 0.378 e. The fraction of sp³-hybridized carbons (Fsp3) is 0.333. The monoisotopic (exact) mass is 295 g/mol. The molecule has 16 heavy (non-hydrogen) atoms. The lowest BCUT2D eigenvalue weighted by Gasteiger charge is -2.28. The molecule has 0 fully saturated rings. The molecule has 1 aromatic rings. The quantitative estimate of drug-likeness (QED) is 0.530. The van der Waals surface area contributed by atoms with Crippen LogP contribution in [0.25, 0.3) is 0 Å². The highest BCUT2D eigenvalue weighted by Crippen LogP contribution is 2.42. The Morgan fingerprint density at radius 2 is 1.81 bits per heavy atom. The molecule has 0 bridgehead atoms. The van der Waals surface area contributed by atoms with Crippen molar-refractivity contribution in [2.24, 2.45) is 0 Å². The van der Waals surface area contributed by atoms with Crippen molar-refractivity contribution < 1.29 is 18.8 Å². The van der Waals surface area contributed by atoms with Gasteiger partial charge in [-0.15, -0.1) is 0 Å². The van der Waals surface area contributed by atoms with Gasteiger partial charge in [0.15, 0.2) is 5.60 Å². The van der Waals surface area contributed by atoms with Crippen molar-refractivity contribution in [3.8, 4) is 0 Å². The minimum Gasteiger partial charge on any atom is -0.378 e. The molecule has 1 rings (SSSR count). The summed E-state index contributed by atoms with van der Waals surface area (Å²) in [5.74, 6) is 0. The second kappa shape index (κ2) is 4.06. The Morgan fingerprint density at radius 3 is 2.12 bits per heavy atom. The van der Waals surface area contributed by atoms with E-state index in [2.05, 4.69) is 15.9 Å². The first-order valence-corrected chi connectivity index (χ1v) is 4.99. The van der Waals surface area contributed by atoms with E-state index in [-0.39, 0.29) is 11.3 Å². The SMILES string of the molecule is CC(O)(c1ccc([N+](=O)[O-])cc1)C(F)(F)Br. The third-order valence-electron chi connectivity index (χ3n) is 2.19. The maximum atomic E-state index is 13.0. The van der Waals surface area contributed by atoms with Crippen LogP contribution in [0.15, 0.2) is 24.3 Å². The molecule has 4 nitrogen and oxygen atoms in total. The maximum Gasteiger partial charge on any atom is 0.333 e. The fourth-order valence-electron chi connectivity index (χ4n) is 1.07. The Kier molecular flexibility index (Phi) is 3.30. The van der Waals surface area contributed by atoms with Crippen molar-refractivity contribution in [2.45, 2.75) is 17.4 Å². The molecule has 1 aromatic carbocycles. The van der Waals surface area contributed by atoms with Gasteiger partial charge >= 0.3 is 4.83 Å². The van der Waals surface area contributed by atoms with Crippen molar-refractivity contribution in [1.82, 2.24) is 0 Å². The van der Waals surface area contributed by atoms with Crippen LogP contribution in [0.4, 0.5) is 14.5 Å². The Labute approximate surface area is 98.2 Å². The van der Waals surface area contributed by atoms with E-state index in [4.69, 9.17) is 0 Å². The van der Waals surface area contributed by atoms with Gasteiger partial charge in [-0.25, -0.2) is 0 Å². The maximum absolute atomic E-state index is 13.0. The molecule has 88 valence electrons. The zero-order valence-electron chi connectivity index (χ0n) is 8.15. The predicted octanol–water partition coefficient (Wildman–Crippen LogP) is 2.79. The summed E-state index contributed by atoms with van der Waals surface area (Å²) in [5.41, 5.74) is -2.76. The molecule has 0 heterocycles. The van der Waals surface area contributed by atoms with E-state index in [1.807, 2.05) is 0 Å². The molecule has 1 atom stereocenters. The van der Waals surface area contributed by atoms with Gasteiger partial charge in [0.25, 0.3) is 5.69 Å². The lowest BCUT2D eigenvalue weighted by molar-refractivity contribution is -0.384. The number of nitrogens with zero attached hydrogens (tertiary/aromatic N) is 1. The molecule has 7 heteroatoms. The highest BCUT2D eigenvalue weighted by Gasteiger charge is 2.48. The molecular weight excluding hydrogens is 288 g/mol. The van der Waals surface area contributed by atoms with E-state index in [0.717, 1.165) is 31.2 Å². The van der Waals surface area contributed by atoms with E-state index < -0.39 is 15.4 Å². The number of alkyl halides is 3. The van der Waals surface area contributed by atoms with Crippen LogP contribution in [-0.2, 0) is 5.60 Å². The van der Waals surface area contributed by atoms with E-state index in [1.165, 1.54) is 0 Å². The second-order valence-corrected chi connectivity index (χ2v) is 4.37. The Bertz CT molecular complexity index is 400. The molecule has 0 aliphatic rings. The standard InChI is InChI=1S/C9H8BrF2NO3/c1-8(14,9(10,11)12)6-2-4-7(5-3-6)13(15)16/h2-5,14H,1H3. The van der Waals surface area contributed by atoms with Crippen LogP contribution < -0.4 is 0 Å². The van der Waals surface area contributed by atoms with Crippen LogP contribution in [0.2, 0.25) is 0 Å². The number of non-ortho nitro benzene ring substituents is 1. The number of halogens is 3. The van der Waals surface area contributed by atoms with Gasteiger partial charge in [-0.3, -0.25) is 10.1 Å². The highest BCUT2D eigenvalue weighted by molar-refractivity contribution is 9.10. The number of hydrogen-bond acceptors (Lipinski definition) is 3. The molecule has 0 amide bonds. The van der Waals surface area contributed by atoms with Crippen LogP contribution in [0.5, 0.6) is 0 Å². The molecule has 0 aliphatic carbocycles. The summed E-state index contributed by atoms with van der Waals surface area (Å²) in [6.45, 7) is 0.920. The van der Waals surface area contributed by atoms with Gasteiger partial charge in [-0.05, 0) is 40.5 Å². The first-order chi connectivity index (χ1) is 7.16. The molecule has 1 unspecified atom stereocenters. The first-order valence-electron chi connectivity index (χ1n) is 4.20. The zero-order valence-corrected chi connectivity index (χ0v) is 9.74. The number of aliphatic hydroxyl groups is 1. The molecule has 0 aromatic heterocycles. The van der Waals surface area contributed by atoms with Gasteiger partial charge in [-0.1, -0.05) is 0 Å². The Morgan fingerprint density at radius 1 is 1.38 bits per heavy atom. The first kappa shape index (κ1) is 13.0. The van der Waals surface area contributed by atoms with E-state index >= 15 is 0 Å². The topological polar surface area (TPSA) is 63.4 Å². The van der Waals surface area contributed by atoms with Gasteiger partial charge in [0.05, 0.1) is 4.92 Å². The average Bonchev–Trinajstić information content (AvgIpc) is 2.16. The molecule has 0 saturated carbocycles. The summed E-state index contributed by atoms with van der Waals surface area (Å²) in [6.07, 6.45) is 0. The second-order valence-electron chi connectivity index (χ2n) is 3.37. The Hall–Kier alpha value is -1.08. The lowest BCUT2D eigenvalue weighted by atomic mass is 9.96. The summed E-state index contributed by atoms with van der Waals surface area (Å²) in [7, 11) is 0. The molecular formula is C9H8BrF2NO3. The number of nitro groups is 1. The van der Waals surface area contributed by atoms with Gasteiger partial charge in [0, 0.05) is 12.1 Å². The van der Waals surface area contributed by atoms with Crippen LogP contribution >= 0.6 is 15.9 Å². The number of hydrogen-bond donors (Lipinski definition) is 1. The predicted molar refractivity (Wildman–Crippen MR) is 56.5 cm³/mol. The highest BCUT2D eigenvalue weighted by atomic mass is 79.9. The molecule has 0 spiro atoms. The molecule has 0 saturated heterocycles. The lowest BCUT2D eigenvalue weighted by Crippen LogP contribution is -2.37. The smallest absolute Gasteiger partial charge is 0.333 e. The van der Waals surface area contributed by atoms with Crippen molar-refractivity contribution in [3.05, 3.63) is 39.9 Å². The van der Waals surface area contributed by atoms with Gasteiger partial charge < -0.3 is 5.11 Å². The van der Waals surface area contributed by atoms with Crippen LogP contribution in [0.3, 0.4) is 0 Å². The van der Waals surface area contributed by atoms with Crippen molar-refractivity contribution in [2.75, 3.05) is 0 Å². The van der Waals surface area contributed by atoms with E-state index in [0.29, 0.717) is 0 Å². The summed E-state index contributed by atoms with van der Waals surface area (Å²) in [6, 6.07) is 4.30. The fourth-order valence-corrected chi connectivity index (χ4v) is 1.30. The third-order valence-corrected chi connectivity index (χ3v) is 2.96. The minimum atomic E-state index is -3.52. The molecule has 0 aliphatic heterocycles. The third kappa shape index (κ3) is 2.35. The van der Waals surface area contributed by atoms with Crippen molar-refractivity contribution in [1.29, 1.82) is 0 Å². The molecule has 0 radical (unpaired) electrons. The average molecular weight is 296 g/mol. The number of rotatable bonds is 3. The number of benzene rings is 1.